The summed E-state index contributed by atoms with van der Waals surface area (Å²) in [5, 5.41) is 2.81. The molecule has 4 nitrogen and oxygen atoms in total. The second kappa shape index (κ2) is 5.88. The van der Waals surface area contributed by atoms with Gasteiger partial charge in [0, 0.05) is 23.6 Å². The minimum atomic E-state index is -0.531. The molecule has 6 heteroatoms. The first-order valence-corrected chi connectivity index (χ1v) is 7.01. The molecule has 3 N–H and O–H groups in total. The molecule has 1 aromatic rings. The third kappa shape index (κ3) is 3.67. The van der Waals surface area contributed by atoms with E-state index >= 15 is 0 Å². The van der Waals surface area contributed by atoms with E-state index in [1.165, 1.54) is 25.0 Å². The first-order valence-electron chi connectivity index (χ1n) is 6.22. The van der Waals surface area contributed by atoms with Gasteiger partial charge in [-0.25, -0.2) is 4.39 Å². The molecular weight excluding hydrogens is 313 g/mol. The van der Waals surface area contributed by atoms with Crippen molar-refractivity contribution in [2.24, 2.45) is 0 Å². The third-order valence-electron chi connectivity index (χ3n) is 3.25. The Bertz CT molecular complexity index is 491. The summed E-state index contributed by atoms with van der Waals surface area (Å²) in [5.41, 5.74) is 5.80. The summed E-state index contributed by atoms with van der Waals surface area (Å²) in [6.45, 7) is 1.38. The van der Waals surface area contributed by atoms with E-state index in [4.69, 9.17) is 5.73 Å². The fraction of sp³-hybridized carbons (Fsp3) is 0.462. The summed E-state index contributed by atoms with van der Waals surface area (Å²) in [4.78, 5) is 14.2. The molecular formula is C13H17BrFN3O. The Kier molecular flexibility index (Phi) is 4.42. The Balaban J connectivity index is 1.90. The zero-order valence-electron chi connectivity index (χ0n) is 10.7. The standard InChI is InChI=1S/C13H17BrFN3O/c1-18(8-2-3-8)5-4-17-13(19)9-6-12(16)11(15)7-10(9)14/h6-8H,2-5,16H2,1H3,(H,17,19). The summed E-state index contributed by atoms with van der Waals surface area (Å²) in [5.74, 6) is -0.778. The van der Waals surface area contributed by atoms with Crippen LogP contribution in [-0.4, -0.2) is 37.0 Å². The average molecular weight is 330 g/mol. The van der Waals surface area contributed by atoms with Gasteiger partial charge in [-0.1, -0.05) is 0 Å². The molecule has 0 heterocycles. The molecule has 104 valence electrons. The number of amides is 1. The zero-order valence-corrected chi connectivity index (χ0v) is 12.3. The van der Waals surface area contributed by atoms with Gasteiger partial charge in [-0.2, -0.15) is 0 Å². The van der Waals surface area contributed by atoms with Crippen molar-refractivity contribution in [2.75, 3.05) is 25.9 Å². The maximum Gasteiger partial charge on any atom is 0.252 e. The molecule has 19 heavy (non-hydrogen) atoms. The van der Waals surface area contributed by atoms with Crippen molar-refractivity contribution in [1.82, 2.24) is 10.2 Å². The second-order valence-corrected chi connectivity index (χ2v) is 5.68. The van der Waals surface area contributed by atoms with Crippen LogP contribution < -0.4 is 11.1 Å². The van der Waals surface area contributed by atoms with Crippen molar-refractivity contribution in [3.05, 3.63) is 28.0 Å². The summed E-state index contributed by atoms with van der Waals surface area (Å²) in [6.07, 6.45) is 2.48. The molecule has 1 amide bonds. The molecule has 0 bridgehead atoms. The number of likely N-dealkylation sites (N-methyl/N-ethyl adjacent to an activating group) is 1. The van der Waals surface area contributed by atoms with Gasteiger partial charge < -0.3 is 16.0 Å². The van der Waals surface area contributed by atoms with Crippen LogP contribution >= 0.6 is 15.9 Å². The van der Waals surface area contributed by atoms with Crippen LogP contribution in [0.5, 0.6) is 0 Å². The molecule has 0 radical (unpaired) electrons. The maximum atomic E-state index is 13.2. The number of nitrogens with zero attached hydrogens (tertiary/aromatic N) is 1. The Morgan fingerprint density at radius 2 is 2.26 bits per heavy atom. The number of nitrogen functional groups attached to an aromatic ring is 1. The molecule has 0 atom stereocenters. The van der Waals surface area contributed by atoms with Gasteiger partial charge in [-0.05, 0) is 48.0 Å². The number of nitrogens with two attached hydrogens (primary N) is 1. The van der Waals surface area contributed by atoms with Crippen LogP contribution in [0.3, 0.4) is 0 Å². The maximum absolute atomic E-state index is 13.2. The van der Waals surface area contributed by atoms with Gasteiger partial charge in [0.15, 0.2) is 0 Å². The number of hydrogen-bond acceptors (Lipinski definition) is 3. The van der Waals surface area contributed by atoms with E-state index in [1.54, 1.807) is 0 Å². The van der Waals surface area contributed by atoms with Crippen molar-refractivity contribution in [3.8, 4) is 0 Å². The van der Waals surface area contributed by atoms with Gasteiger partial charge in [-0.3, -0.25) is 4.79 Å². The number of benzene rings is 1. The number of nitrogens with one attached hydrogen (secondary N) is 1. The summed E-state index contributed by atoms with van der Waals surface area (Å²) >= 11 is 3.17. The number of carbonyl (C=O) groups excluding carboxylic acids is 1. The predicted molar refractivity (Wildman–Crippen MR) is 76.5 cm³/mol. The number of rotatable bonds is 5. The fourth-order valence-corrected chi connectivity index (χ4v) is 2.37. The number of anilines is 1. The van der Waals surface area contributed by atoms with Gasteiger partial charge in [0.2, 0.25) is 0 Å². The lowest BCUT2D eigenvalue weighted by Crippen LogP contribution is -2.34. The van der Waals surface area contributed by atoms with Crippen LogP contribution in [-0.2, 0) is 0 Å². The van der Waals surface area contributed by atoms with E-state index in [9.17, 15) is 9.18 Å². The lowest BCUT2D eigenvalue weighted by molar-refractivity contribution is 0.0948. The van der Waals surface area contributed by atoms with E-state index in [-0.39, 0.29) is 11.6 Å². The lowest BCUT2D eigenvalue weighted by atomic mass is 10.2. The fourth-order valence-electron chi connectivity index (χ4n) is 1.88. The van der Waals surface area contributed by atoms with Gasteiger partial charge in [0.05, 0.1) is 11.3 Å². The highest BCUT2D eigenvalue weighted by Crippen LogP contribution is 2.25. The first-order chi connectivity index (χ1) is 8.99. The van der Waals surface area contributed by atoms with Crippen molar-refractivity contribution >= 4 is 27.5 Å². The molecule has 1 aliphatic rings. The summed E-state index contributed by atoms with van der Waals surface area (Å²) in [6, 6.07) is 3.23. The highest BCUT2D eigenvalue weighted by molar-refractivity contribution is 9.10. The lowest BCUT2D eigenvalue weighted by Gasteiger charge is -2.16. The SMILES string of the molecule is CN(CCNC(=O)c1cc(N)c(F)cc1Br)C1CC1. The quantitative estimate of drug-likeness (QED) is 0.812. The third-order valence-corrected chi connectivity index (χ3v) is 3.91. The van der Waals surface area contributed by atoms with Crippen LogP contribution in [0.2, 0.25) is 0 Å². The minimum absolute atomic E-state index is 0.0246. The molecule has 0 unspecified atom stereocenters. The van der Waals surface area contributed by atoms with Crippen LogP contribution in [0, 0.1) is 5.82 Å². The highest BCUT2D eigenvalue weighted by atomic mass is 79.9. The first kappa shape index (κ1) is 14.3. The predicted octanol–water partition coefficient (Wildman–Crippen LogP) is 1.99. The molecule has 2 rings (SSSR count). The molecule has 1 saturated carbocycles. The van der Waals surface area contributed by atoms with E-state index in [0.29, 0.717) is 22.6 Å². The number of hydrogen-bond donors (Lipinski definition) is 2. The van der Waals surface area contributed by atoms with Crippen molar-refractivity contribution in [3.63, 3.8) is 0 Å². The van der Waals surface area contributed by atoms with Crippen molar-refractivity contribution < 1.29 is 9.18 Å². The minimum Gasteiger partial charge on any atom is -0.396 e. The van der Waals surface area contributed by atoms with Crippen LogP contribution in [0.25, 0.3) is 0 Å². The van der Waals surface area contributed by atoms with Gasteiger partial charge in [0.25, 0.3) is 5.91 Å². The van der Waals surface area contributed by atoms with Crippen LogP contribution in [0.4, 0.5) is 10.1 Å². The van der Waals surface area contributed by atoms with Gasteiger partial charge >= 0.3 is 0 Å². The summed E-state index contributed by atoms with van der Waals surface area (Å²) in [7, 11) is 2.05. The Morgan fingerprint density at radius 3 is 2.89 bits per heavy atom. The molecule has 1 aromatic carbocycles. The van der Waals surface area contributed by atoms with Gasteiger partial charge in [0.1, 0.15) is 5.82 Å². The van der Waals surface area contributed by atoms with E-state index < -0.39 is 5.82 Å². The Labute approximate surface area is 120 Å². The van der Waals surface area contributed by atoms with Gasteiger partial charge in [-0.15, -0.1) is 0 Å². The topological polar surface area (TPSA) is 58.4 Å². The molecule has 1 aliphatic carbocycles. The van der Waals surface area contributed by atoms with E-state index in [1.807, 2.05) is 0 Å². The van der Waals surface area contributed by atoms with Crippen LogP contribution in [0.1, 0.15) is 23.2 Å². The average Bonchev–Trinajstić information content (AvgIpc) is 3.17. The molecule has 0 saturated heterocycles. The van der Waals surface area contributed by atoms with E-state index in [0.717, 1.165) is 6.54 Å². The molecule has 0 aliphatic heterocycles. The van der Waals surface area contributed by atoms with Crippen molar-refractivity contribution in [1.29, 1.82) is 0 Å². The zero-order chi connectivity index (χ0) is 14.0. The molecule has 0 aromatic heterocycles. The second-order valence-electron chi connectivity index (χ2n) is 4.82. The number of carbonyl (C=O) groups is 1. The molecule has 1 fully saturated rings. The highest BCUT2D eigenvalue weighted by Gasteiger charge is 2.25. The van der Waals surface area contributed by atoms with E-state index in [2.05, 4.69) is 33.2 Å². The summed E-state index contributed by atoms with van der Waals surface area (Å²) < 4.78 is 13.6. The number of halogens is 2. The Hall–Kier alpha value is -1.14. The van der Waals surface area contributed by atoms with Crippen LogP contribution in [0.15, 0.2) is 16.6 Å². The molecule has 0 spiro atoms. The normalized spacial score (nSPS) is 14.7. The van der Waals surface area contributed by atoms with Crippen molar-refractivity contribution in [2.45, 2.75) is 18.9 Å². The largest absolute Gasteiger partial charge is 0.396 e. The monoisotopic (exact) mass is 329 g/mol. The Morgan fingerprint density at radius 1 is 1.58 bits per heavy atom. The smallest absolute Gasteiger partial charge is 0.252 e.